The maximum atomic E-state index is 12.9. The van der Waals surface area contributed by atoms with Gasteiger partial charge >= 0.3 is 5.97 Å². The number of nitrogens with zero attached hydrogens (tertiary/aromatic N) is 2. The summed E-state index contributed by atoms with van der Waals surface area (Å²) in [6.07, 6.45) is 4.35. The number of amides is 4. The lowest BCUT2D eigenvalue weighted by molar-refractivity contribution is -0.155. The third-order valence-electron chi connectivity index (χ3n) is 7.54. The second kappa shape index (κ2) is 24.8. The van der Waals surface area contributed by atoms with Gasteiger partial charge < -0.3 is 55.4 Å². The highest BCUT2D eigenvalue weighted by atomic mass is 32.1. The zero-order valence-corrected chi connectivity index (χ0v) is 33.3. The number of hydrogen-bond donors (Lipinski definition) is 5. The highest BCUT2D eigenvalue weighted by Gasteiger charge is 2.20. The van der Waals surface area contributed by atoms with Gasteiger partial charge in [0.15, 0.2) is 4.96 Å². The summed E-state index contributed by atoms with van der Waals surface area (Å²) in [5.74, 6) is -1.37. The van der Waals surface area contributed by atoms with E-state index in [4.69, 9.17) is 34.2 Å². The van der Waals surface area contributed by atoms with Gasteiger partial charge in [-0.25, -0.2) is 4.98 Å². The Morgan fingerprint density at radius 2 is 1.48 bits per heavy atom. The lowest BCUT2D eigenvalue weighted by Gasteiger charge is -2.20. The quantitative estimate of drug-likeness (QED) is 0.0548. The molecule has 0 aliphatic heterocycles. The summed E-state index contributed by atoms with van der Waals surface area (Å²) in [5, 5.41) is 12.9. The van der Waals surface area contributed by atoms with Crippen LogP contribution in [0.3, 0.4) is 0 Å². The average Bonchev–Trinajstić information content (AvgIpc) is 3.78. The van der Waals surface area contributed by atoms with Crippen LogP contribution in [0, 0.1) is 0 Å². The molecule has 0 radical (unpaired) electrons. The van der Waals surface area contributed by atoms with Crippen molar-refractivity contribution >= 4 is 51.6 Å². The molecule has 0 saturated carbocycles. The standard InChI is InChI=1S/C37H55N7O11S/c1-37(2,3)55-32(46)10-8-28(38)34(48)41-13-16-52-18-20-54-22-21-53-19-17-51-15-12-39-31(45)6-5-11-40-33(47)27-24-26(7-9-30(27)50-4)42-35(49)29-25-44-14-23-56-36(44)43-29/h7,9,14,23-25,28H,5-6,8,10-13,15-22,38H2,1-4H3,(H,39,45)(H,40,47)(H,41,48)(H,42,49)/t28-/m1/s1. The minimum atomic E-state index is -0.803. The van der Waals surface area contributed by atoms with E-state index < -0.39 is 29.4 Å². The summed E-state index contributed by atoms with van der Waals surface area (Å²) < 4.78 is 34.1. The SMILES string of the molecule is COc1ccc(NC(=O)c2cn3ccsc3n2)cc1C(=O)NCCCC(=O)NCCOCCOCCOCCOCCNC(=O)[C@H](N)CCC(=O)OC(C)(C)C. The Hall–Kier alpha value is -4.66. The normalized spacial score (nSPS) is 11.9. The summed E-state index contributed by atoms with van der Waals surface area (Å²) >= 11 is 1.42. The molecule has 0 unspecified atom stereocenters. The van der Waals surface area contributed by atoms with Crippen LogP contribution >= 0.6 is 11.3 Å². The average molecular weight is 806 g/mol. The number of carbonyl (C=O) groups is 5. The fourth-order valence-electron chi connectivity index (χ4n) is 4.83. The molecule has 3 rings (SSSR count). The molecule has 0 saturated heterocycles. The fourth-order valence-corrected chi connectivity index (χ4v) is 5.53. The molecule has 1 atom stereocenters. The third kappa shape index (κ3) is 17.9. The number of nitrogens with two attached hydrogens (primary N) is 1. The maximum Gasteiger partial charge on any atom is 0.306 e. The first-order valence-corrected chi connectivity index (χ1v) is 19.3. The Labute approximate surface area is 330 Å². The predicted octanol–water partition coefficient (Wildman–Crippen LogP) is 1.91. The topological polar surface area (TPSA) is 232 Å². The number of ether oxygens (including phenoxy) is 6. The number of hydrogen-bond acceptors (Lipinski definition) is 14. The zero-order valence-electron chi connectivity index (χ0n) is 32.5. The summed E-state index contributed by atoms with van der Waals surface area (Å²) in [7, 11) is 1.45. The van der Waals surface area contributed by atoms with Crippen molar-refractivity contribution in [3.63, 3.8) is 0 Å². The van der Waals surface area contributed by atoms with Gasteiger partial charge in [0.1, 0.15) is 17.0 Å². The molecule has 4 amide bonds. The monoisotopic (exact) mass is 805 g/mol. The molecule has 56 heavy (non-hydrogen) atoms. The minimum absolute atomic E-state index is 0.0683. The Kier molecular flexibility index (Phi) is 20.2. The number of aromatic nitrogens is 2. The van der Waals surface area contributed by atoms with Crippen molar-refractivity contribution in [2.45, 2.75) is 58.1 Å². The zero-order chi connectivity index (χ0) is 40.8. The number of benzene rings is 1. The van der Waals surface area contributed by atoms with Gasteiger partial charge in [0.05, 0.1) is 71.6 Å². The second-order valence-corrected chi connectivity index (χ2v) is 14.1. The smallest absolute Gasteiger partial charge is 0.306 e. The van der Waals surface area contributed by atoms with Gasteiger partial charge in [-0.3, -0.25) is 28.4 Å². The molecule has 0 aliphatic rings. The van der Waals surface area contributed by atoms with Crippen molar-refractivity contribution in [1.29, 1.82) is 0 Å². The molecule has 0 bridgehead atoms. The molecular weight excluding hydrogens is 751 g/mol. The molecule has 6 N–H and O–H groups in total. The Bertz CT molecular complexity index is 1660. The van der Waals surface area contributed by atoms with Crippen LogP contribution in [-0.4, -0.2) is 130 Å². The number of thiazole rings is 1. The van der Waals surface area contributed by atoms with Crippen molar-refractivity contribution in [3.8, 4) is 5.75 Å². The number of methoxy groups -OCH3 is 1. The van der Waals surface area contributed by atoms with Crippen LogP contribution in [0.4, 0.5) is 5.69 Å². The molecule has 18 nitrogen and oxygen atoms in total. The van der Waals surface area contributed by atoms with Crippen LogP contribution < -0.4 is 31.7 Å². The van der Waals surface area contributed by atoms with Crippen LogP contribution in [0.5, 0.6) is 5.75 Å². The molecule has 19 heteroatoms. The van der Waals surface area contributed by atoms with Gasteiger partial charge in [0.25, 0.3) is 11.8 Å². The number of esters is 1. The molecule has 0 aliphatic carbocycles. The van der Waals surface area contributed by atoms with Gasteiger partial charge in [-0.1, -0.05) is 0 Å². The first kappa shape index (κ1) is 45.7. The third-order valence-corrected chi connectivity index (χ3v) is 8.31. The lowest BCUT2D eigenvalue weighted by Crippen LogP contribution is -2.42. The summed E-state index contributed by atoms with van der Waals surface area (Å²) in [5.41, 5.74) is 6.17. The van der Waals surface area contributed by atoms with Crippen LogP contribution in [-0.2, 0) is 38.1 Å². The van der Waals surface area contributed by atoms with Gasteiger partial charge in [0, 0.05) is 55.9 Å². The molecule has 0 fully saturated rings. The highest BCUT2D eigenvalue weighted by Crippen LogP contribution is 2.23. The van der Waals surface area contributed by atoms with Crippen LogP contribution in [0.25, 0.3) is 4.96 Å². The predicted molar refractivity (Wildman–Crippen MR) is 208 cm³/mol. The van der Waals surface area contributed by atoms with E-state index in [2.05, 4.69) is 26.3 Å². The molecule has 2 heterocycles. The van der Waals surface area contributed by atoms with Crippen molar-refractivity contribution in [3.05, 3.63) is 47.2 Å². The van der Waals surface area contributed by atoms with E-state index in [-0.39, 0.29) is 55.4 Å². The van der Waals surface area contributed by atoms with Crippen LogP contribution in [0.1, 0.15) is 67.3 Å². The molecule has 310 valence electrons. The summed E-state index contributed by atoms with van der Waals surface area (Å²) in [6.45, 7) is 9.05. The van der Waals surface area contributed by atoms with E-state index in [9.17, 15) is 24.0 Å². The van der Waals surface area contributed by atoms with Gasteiger partial charge in [0.2, 0.25) is 11.8 Å². The molecule has 2 aromatic heterocycles. The van der Waals surface area contributed by atoms with Crippen molar-refractivity contribution in [2.75, 3.05) is 84.9 Å². The van der Waals surface area contributed by atoms with Crippen molar-refractivity contribution in [1.82, 2.24) is 25.3 Å². The van der Waals surface area contributed by atoms with Crippen molar-refractivity contribution in [2.24, 2.45) is 5.73 Å². The first-order valence-electron chi connectivity index (χ1n) is 18.4. The van der Waals surface area contributed by atoms with Crippen LogP contribution in [0.2, 0.25) is 0 Å². The fraction of sp³-hybridized carbons (Fsp3) is 0.568. The number of imidazole rings is 1. The molecular formula is C37H55N7O11S. The number of fused-ring (bicyclic) bond motifs is 1. The van der Waals surface area contributed by atoms with E-state index in [0.29, 0.717) is 82.2 Å². The van der Waals surface area contributed by atoms with Crippen LogP contribution in [0.15, 0.2) is 36.0 Å². The number of carbonyl (C=O) groups excluding carboxylic acids is 5. The Morgan fingerprint density at radius 3 is 2.11 bits per heavy atom. The van der Waals surface area contributed by atoms with E-state index in [0.717, 1.165) is 0 Å². The van der Waals surface area contributed by atoms with Gasteiger partial charge in [-0.05, 0) is 51.8 Å². The first-order chi connectivity index (χ1) is 26.9. The highest BCUT2D eigenvalue weighted by molar-refractivity contribution is 7.15. The molecule has 0 spiro atoms. The molecule has 1 aromatic carbocycles. The number of nitrogens with one attached hydrogen (secondary N) is 4. The van der Waals surface area contributed by atoms with Crippen molar-refractivity contribution < 1.29 is 52.4 Å². The maximum absolute atomic E-state index is 12.9. The number of anilines is 1. The number of rotatable bonds is 27. The Morgan fingerprint density at radius 1 is 0.839 bits per heavy atom. The summed E-state index contributed by atoms with van der Waals surface area (Å²) in [6, 6.07) is 3.96. The minimum Gasteiger partial charge on any atom is -0.496 e. The van der Waals surface area contributed by atoms with E-state index in [1.807, 2.05) is 11.6 Å². The molecule has 3 aromatic rings. The summed E-state index contributed by atoms with van der Waals surface area (Å²) in [4.78, 5) is 66.6. The van der Waals surface area contributed by atoms with E-state index in [1.165, 1.54) is 24.5 Å². The van der Waals surface area contributed by atoms with Gasteiger partial charge in [-0.2, -0.15) is 0 Å². The van der Waals surface area contributed by atoms with E-state index in [1.54, 1.807) is 43.5 Å². The lowest BCUT2D eigenvalue weighted by atomic mass is 10.1. The van der Waals surface area contributed by atoms with Gasteiger partial charge in [-0.15, -0.1) is 11.3 Å². The largest absolute Gasteiger partial charge is 0.496 e. The Balaban J connectivity index is 1.11. The van der Waals surface area contributed by atoms with E-state index >= 15 is 0 Å². The second-order valence-electron chi connectivity index (χ2n) is 13.3.